The number of hydrogen-bond donors (Lipinski definition) is 2. The highest BCUT2D eigenvalue weighted by Gasteiger charge is 2.37. The van der Waals surface area contributed by atoms with Gasteiger partial charge in [0, 0.05) is 6.54 Å². The number of halogens is 1. The molecule has 1 amide bonds. The monoisotopic (exact) mass is 446 g/mol. The third-order valence-electron chi connectivity index (χ3n) is 4.61. The molecule has 1 fully saturated rings. The molecule has 4 N–H and O–H groups in total. The number of carbonyl (C=O) groups is 3. The molecule has 0 saturated carbocycles. The molecule has 30 heavy (non-hydrogen) atoms. The zero-order chi connectivity index (χ0) is 20.5. The van der Waals surface area contributed by atoms with Gasteiger partial charge in [0.25, 0.3) is 0 Å². The molecule has 9 nitrogen and oxygen atoms in total. The SMILES string of the molecule is CCOC(=O)C(COCc1ccccc1)NC(C)C(=O)N1CCC[C@H]1C(=O)O.Cl.O. The molecule has 10 heteroatoms. The van der Waals surface area contributed by atoms with E-state index in [1.165, 1.54) is 4.90 Å². The van der Waals surface area contributed by atoms with Gasteiger partial charge < -0.3 is 25.0 Å². The maximum absolute atomic E-state index is 12.7. The Balaban J connectivity index is 0.00000420. The number of esters is 1. The minimum Gasteiger partial charge on any atom is -0.480 e. The van der Waals surface area contributed by atoms with Crippen LogP contribution in [0, 0.1) is 0 Å². The number of nitrogens with zero attached hydrogens (tertiary/aromatic N) is 1. The summed E-state index contributed by atoms with van der Waals surface area (Å²) in [5, 5.41) is 12.2. The number of rotatable bonds is 10. The van der Waals surface area contributed by atoms with Crippen molar-refractivity contribution in [1.29, 1.82) is 0 Å². The van der Waals surface area contributed by atoms with E-state index in [2.05, 4.69) is 5.32 Å². The molecule has 0 bridgehead atoms. The lowest BCUT2D eigenvalue weighted by Crippen LogP contribution is -2.54. The summed E-state index contributed by atoms with van der Waals surface area (Å²) in [7, 11) is 0. The fourth-order valence-electron chi connectivity index (χ4n) is 3.20. The van der Waals surface area contributed by atoms with Crippen molar-refractivity contribution in [3.8, 4) is 0 Å². The number of ether oxygens (including phenoxy) is 2. The van der Waals surface area contributed by atoms with Crippen LogP contribution in [0.1, 0.15) is 32.3 Å². The molecule has 2 unspecified atom stereocenters. The number of carboxylic acid groups (broad SMARTS) is 1. The van der Waals surface area contributed by atoms with E-state index in [0.717, 1.165) is 5.56 Å². The highest BCUT2D eigenvalue weighted by Crippen LogP contribution is 2.18. The second kappa shape index (κ2) is 13.9. The lowest BCUT2D eigenvalue weighted by molar-refractivity contribution is -0.151. The maximum Gasteiger partial charge on any atom is 0.326 e. The summed E-state index contributed by atoms with van der Waals surface area (Å²) in [4.78, 5) is 37.6. The Morgan fingerprint density at radius 3 is 2.53 bits per heavy atom. The van der Waals surface area contributed by atoms with Gasteiger partial charge in [-0.25, -0.2) is 4.79 Å². The number of carbonyl (C=O) groups excluding carboxylic acids is 2. The van der Waals surface area contributed by atoms with E-state index in [9.17, 15) is 19.5 Å². The maximum atomic E-state index is 12.7. The first-order valence-corrected chi connectivity index (χ1v) is 9.51. The summed E-state index contributed by atoms with van der Waals surface area (Å²) in [6.45, 7) is 4.29. The Morgan fingerprint density at radius 1 is 1.27 bits per heavy atom. The van der Waals surface area contributed by atoms with E-state index in [1.807, 2.05) is 30.3 Å². The molecule has 2 rings (SSSR count). The lowest BCUT2D eigenvalue weighted by atomic mass is 10.2. The molecule has 1 aromatic carbocycles. The van der Waals surface area contributed by atoms with E-state index in [0.29, 0.717) is 26.0 Å². The van der Waals surface area contributed by atoms with Gasteiger partial charge in [-0.3, -0.25) is 14.9 Å². The molecule has 1 saturated heterocycles. The summed E-state index contributed by atoms with van der Waals surface area (Å²) in [5.74, 6) is -1.86. The Kier molecular flexibility index (Phi) is 12.9. The summed E-state index contributed by atoms with van der Waals surface area (Å²) in [6.07, 6.45) is 1.09. The number of hydrogen-bond acceptors (Lipinski definition) is 6. The molecule has 0 spiro atoms. The number of benzene rings is 1. The molecular weight excluding hydrogens is 416 g/mol. The second-order valence-corrected chi connectivity index (χ2v) is 6.72. The quantitative estimate of drug-likeness (QED) is 0.507. The van der Waals surface area contributed by atoms with Crippen LogP contribution in [-0.2, 0) is 30.5 Å². The van der Waals surface area contributed by atoms with Gasteiger partial charge in [-0.1, -0.05) is 30.3 Å². The number of nitrogens with one attached hydrogen (secondary N) is 1. The summed E-state index contributed by atoms with van der Waals surface area (Å²) in [5.41, 5.74) is 0.968. The predicted molar refractivity (Wildman–Crippen MR) is 112 cm³/mol. The largest absolute Gasteiger partial charge is 0.480 e. The number of aliphatic carboxylic acids is 1. The van der Waals surface area contributed by atoms with E-state index in [-0.39, 0.29) is 37.0 Å². The topological polar surface area (TPSA) is 137 Å². The fourth-order valence-corrected chi connectivity index (χ4v) is 3.20. The molecule has 1 aliphatic rings. The van der Waals surface area contributed by atoms with E-state index in [1.54, 1.807) is 13.8 Å². The molecule has 1 aliphatic heterocycles. The minimum absolute atomic E-state index is 0. The van der Waals surface area contributed by atoms with Crippen molar-refractivity contribution >= 4 is 30.3 Å². The van der Waals surface area contributed by atoms with Gasteiger partial charge in [0.1, 0.15) is 12.1 Å². The van der Waals surface area contributed by atoms with Crippen molar-refractivity contribution < 1.29 is 34.4 Å². The van der Waals surface area contributed by atoms with Crippen molar-refractivity contribution in [3.63, 3.8) is 0 Å². The van der Waals surface area contributed by atoms with Crippen LogP contribution in [0.15, 0.2) is 30.3 Å². The smallest absolute Gasteiger partial charge is 0.326 e. The van der Waals surface area contributed by atoms with Crippen LogP contribution in [0.4, 0.5) is 0 Å². The number of likely N-dealkylation sites (tertiary alicyclic amines) is 1. The standard InChI is InChI=1S/C20H28N2O6.ClH.H2O/c1-3-28-20(26)16(13-27-12-15-8-5-4-6-9-15)21-14(2)18(23)22-11-7-10-17(22)19(24)25;;/h4-6,8-9,14,16-17,21H,3,7,10-13H2,1-2H3,(H,24,25);1H;1H2/t14?,16?,17-;;/m0../s1. The molecule has 1 heterocycles. The minimum atomic E-state index is -1.01. The highest BCUT2D eigenvalue weighted by atomic mass is 35.5. The Bertz CT molecular complexity index is 674. The van der Waals surface area contributed by atoms with Gasteiger partial charge in [0.15, 0.2) is 0 Å². The highest BCUT2D eigenvalue weighted by molar-refractivity contribution is 5.88. The first-order valence-electron chi connectivity index (χ1n) is 9.51. The molecular formula is C20H31ClN2O7. The average molecular weight is 447 g/mol. The van der Waals surface area contributed by atoms with E-state index >= 15 is 0 Å². The molecule has 1 aromatic rings. The molecule has 0 aliphatic carbocycles. The van der Waals surface area contributed by atoms with Crippen molar-refractivity contribution in [2.45, 2.75) is 51.4 Å². The van der Waals surface area contributed by atoms with Gasteiger partial charge in [0.05, 0.1) is 25.9 Å². The van der Waals surface area contributed by atoms with Gasteiger partial charge in [-0.05, 0) is 32.3 Å². The van der Waals surface area contributed by atoms with Crippen molar-refractivity contribution in [3.05, 3.63) is 35.9 Å². The fraction of sp³-hybridized carbons (Fsp3) is 0.550. The lowest BCUT2D eigenvalue weighted by Gasteiger charge is -2.27. The van der Waals surface area contributed by atoms with Crippen molar-refractivity contribution in [1.82, 2.24) is 10.2 Å². The van der Waals surface area contributed by atoms with Crippen molar-refractivity contribution in [2.24, 2.45) is 0 Å². The van der Waals surface area contributed by atoms with Gasteiger partial charge in [-0.2, -0.15) is 0 Å². The van der Waals surface area contributed by atoms with E-state index in [4.69, 9.17) is 9.47 Å². The third-order valence-corrected chi connectivity index (χ3v) is 4.61. The Labute approximate surface area is 182 Å². The number of carboxylic acids is 1. The van der Waals surface area contributed by atoms with Gasteiger partial charge in [0.2, 0.25) is 5.91 Å². The van der Waals surface area contributed by atoms with E-state index < -0.39 is 30.1 Å². The van der Waals surface area contributed by atoms with Gasteiger partial charge in [-0.15, -0.1) is 12.4 Å². The zero-order valence-corrected chi connectivity index (χ0v) is 18.0. The van der Waals surface area contributed by atoms with Crippen LogP contribution >= 0.6 is 12.4 Å². The predicted octanol–water partition coefficient (Wildman–Crippen LogP) is 0.786. The van der Waals surface area contributed by atoms with Crippen LogP contribution in [0.5, 0.6) is 0 Å². The summed E-state index contributed by atoms with van der Waals surface area (Å²) in [6, 6.07) is 7.15. The van der Waals surface area contributed by atoms with Crippen LogP contribution in [0.3, 0.4) is 0 Å². The first-order chi connectivity index (χ1) is 13.4. The Hall–Kier alpha value is -2.20. The normalized spacial score (nSPS) is 17.3. The van der Waals surface area contributed by atoms with Crippen LogP contribution in [0.25, 0.3) is 0 Å². The van der Waals surface area contributed by atoms with Crippen LogP contribution in [-0.4, -0.2) is 71.2 Å². The summed E-state index contributed by atoms with van der Waals surface area (Å²) < 4.78 is 10.7. The molecule has 170 valence electrons. The molecule has 3 atom stereocenters. The van der Waals surface area contributed by atoms with Crippen LogP contribution < -0.4 is 5.32 Å². The molecule has 0 radical (unpaired) electrons. The van der Waals surface area contributed by atoms with Gasteiger partial charge >= 0.3 is 11.9 Å². The Morgan fingerprint density at radius 2 is 1.93 bits per heavy atom. The average Bonchev–Trinajstić information content (AvgIpc) is 3.17. The van der Waals surface area contributed by atoms with Crippen LogP contribution in [0.2, 0.25) is 0 Å². The third kappa shape index (κ3) is 7.91. The zero-order valence-electron chi connectivity index (χ0n) is 17.2. The van der Waals surface area contributed by atoms with Crippen molar-refractivity contribution in [2.75, 3.05) is 19.8 Å². The summed E-state index contributed by atoms with van der Waals surface area (Å²) >= 11 is 0. The molecule has 0 aromatic heterocycles. The second-order valence-electron chi connectivity index (χ2n) is 6.72. The first kappa shape index (κ1) is 27.8. The number of amides is 1.